The minimum absolute atomic E-state index is 0.0779. The predicted octanol–water partition coefficient (Wildman–Crippen LogP) is 1.40. The number of rotatable bonds is 4. The Balaban J connectivity index is 1.95. The fourth-order valence-corrected chi connectivity index (χ4v) is 2.20. The van der Waals surface area contributed by atoms with Gasteiger partial charge in [-0.05, 0) is 16.5 Å². The summed E-state index contributed by atoms with van der Waals surface area (Å²) in [6.45, 7) is 7.18. The van der Waals surface area contributed by atoms with Crippen LogP contribution in [0.3, 0.4) is 0 Å². The first-order chi connectivity index (χ1) is 9.35. The molecule has 1 aromatic carbocycles. The first-order valence-electron chi connectivity index (χ1n) is 6.94. The highest BCUT2D eigenvalue weighted by Crippen LogP contribution is 2.22. The second-order valence-corrected chi connectivity index (χ2v) is 6.60. The lowest BCUT2D eigenvalue weighted by molar-refractivity contribution is -0.137. The fraction of sp³-hybridized carbons (Fsp3) is 0.562. The molecule has 1 saturated heterocycles. The minimum atomic E-state index is -0.567. The van der Waals surface area contributed by atoms with Gasteiger partial charge in [0.05, 0.1) is 26.2 Å². The molecular weight excluding hydrogens is 254 g/mol. The van der Waals surface area contributed by atoms with Crippen molar-refractivity contribution in [2.75, 3.05) is 19.8 Å². The molecule has 110 valence electrons. The summed E-state index contributed by atoms with van der Waals surface area (Å²) in [5, 5.41) is 12.1. The van der Waals surface area contributed by atoms with Crippen molar-refractivity contribution in [1.82, 2.24) is 5.32 Å². The Morgan fingerprint density at radius 2 is 1.90 bits per heavy atom. The Kier molecular flexibility index (Phi) is 4.16. The first-order valence-corrected chi connectivity index (χ1v) is 6.94. The standard InChI is InChI=1S/C16H23NO3/c1-15(2,3)13-6-4-12(5-7-13)8-14(19)17-16(9-18)10-20-11-16/h4-7,18H,8-11H2,1-3H3,(H,17,19). The van der Waals surface area contributed by atoms with E-state index in [9.17, 15) is 9.90 Å². The van der Waals surface area contributed by atoms with Crippen LogP contribution in [0.5, 0.6) is 0 Å². The van der Waals surface area contributed by atoms with Gasteiger partial charge in [-0.25, -0.2) is 0 Å². The Morgan fingerprint density at radius 1 is 1.30 bits per heavy atom. The Morgan fingerprint density at radius 3 is 2.30 bits per heavy atom. The molecule has 1 aliphatic rings. The maximum absolute atomic E-state index is 12.0. The molecule has 1 heterocycles. The molecule has 0 aromatic heterocycles. The number of carbonyl (C=O) groups is 1. The van der Waals surface area contributed by atoms with E-state index in [1.807, 2.05) is 12.1 Å². The molecule has 4 heteroatoms. The smallest absolute Gasteiger partial charge is 0.225 e. The highest BCUT2D eigenvalue weighted by molar-refractivity contribution is 5.79. The maximum atomic E-state index is 12.0. The van der Waals surface area contributed by atoms with Gasteiger partial charge in [0.2, 0.25) is 5.91 Å². The van der Waals surface area contributed by atoms with Gasteiger partial charge in [-0.1, -0.05) is 45.0 Å². The zero-order valence-corrected chi connectivity index (χ0v) is 12.4. The van der Waals surface area contributed by atoms with Crippen LogP contribution in [-0.4, -0.2) is 36.4 Å². The minimum Gasteiger partial charge on any atom is -0.394 e. The van der Waals surface area contributed by atoms with E-state index in [0.717, 1.165) is 5.56 Å². The van der Waals surface area contributed by atoms with Crippen molar-refractivity contribution in [1.29, 1.82) is 0 Å². The molecule has 0 radical (unpaired) electrons. The number of hydrogen-bond donors (Lipinski definition) is 2. The molecule has 0 bridgehead atoms. The molecule has 0 saturated carbocycles. The van der Waals surface area contributed by atoms with Gasteiger partial charge in [-0.15, -0.1) is 0 Å². The number of hydrogen-bond acceptors (Lipinski definition) is 3. The van der Waals surface area contributed by atoms with Crippen LogP contribution in [0, 0.1) is 0 Å². The third-order valence-electron chi connectivity index (χ3n) is 3.65. The van der Waals surface area contributed by atoms with Gasteiger partial charge >= 0.3 is 0 Å². The Bertz CT molecular complexity index is 464. The van der Waals surface area contributed by atoms with Crippen molar-refractivity contribution in [2.45, 2.75) is 38.1 Å². The average Bonchev–Trinajstić information content (AvgIpc) is 2.33. The third kappa shape index (κ3) is 3.38. The van der Waals surface area contributed by atoms with Crippen molar-refractivity contribution >= 4 is 5.91 Å². The largest absolute Gasteiger partial charge is 0.394 e. The quantitative estimate of drug-likeness (QED) is 0.874. The molecule has 1 fully saturated rings. The van der Waals surface area contributed by atoms with E-state index in [0.29, 0.717) is 19.6 Å². The molecular formula is C16H23NO3. The number of aliphatic hydroxyl groups is 1. The van der Waals surface area contributed by atoms with Crippen LogP contribution >= 0.6 is 0 Å². The molecule has 0 unspecified atom stereocenters. The van der Waals surface area contributed by atoms with E-state index in [4.69, 9.17) is 4.74 Å². The van der Waals surface area contributed by atoms with Gasteiger partial charge in [0.25, 0.3) is 0 Å². The van der Waals surface area contributed by atoms with Crippen molar-refractivity contribution in [3.05, 3.63) is 35.4 Å². The van der Waals surface area contributed by atoms with Crippen LogP contribution in [0.4, 0.5) is 0 Å². The number of benzene rings is 1. The van der Waals surface area contributed by atoms with Crippen molar-refractivity contribution < 1.29 is 14.6 Å². The molecule has 2 rings (SSSR count). The lowest BCUT2D eigenvalue weighted by atomic mass is 9.86. The van der Waals surface area contributed by atoms with E-state index in [1.54, 1.807) is 0 Å². The molecule has 0 atom stereocenters. The molecule has 0 aliphatic carbocycles. The Labute approximate surface area is 120 Å². The molecule has 1 amide bonds. The summed E-state index contributed by atoms with van der Waals surface area (Å²) in [6, 6.07) is 8.11. The lowest BCUT2D eigenvalue weighted by Crippen LogP contribution is -2.64. The van der Waals surface area contributed by atoms with Crippen LogP contribution in [0.25, 0.3) is 0 Å². The zero-order valence-electron chi connectivity index (χ0n) is 12.4. The van der Waals surface area contributed by atoms with Crippen LogP contribution < -0.4 is 5.32 Å². The van der Waals surface area contributed by atoms with Crippen molar-refractivity contribution in [3.63, 3.8) is 0 Å². The van der Waals surface area contributed by atoms with Crippen LogP contribution in [-0.2, 0) is 21.4 Å². The first kappa shape index (κ1) is 15.0. The SMILES string of the molecule is CC(C)(C)c1ccc(CC(=O)NC2(CO)COC2)cc1. The number of carbonyl (C=O) groups excluding carboxylic acids is 1. The van der Waals surface area contributed by atoms with E-state index >= 15 is 0 Å². The van der Waals surface area contributed by atoms with Crippen LogP contribution in [0.15, 0.2) is 24.3 Å². The number of aliphatic hydroxyl groups excluding tert-OH is 1. The van der Waals surface area contributed by atoms with E-state index in [-0.39, 0.29) is 17.9 Å². The van der Waals surface area contributed by atoms with Gasteiger partial charge in [0.15, 0.2) is 0 Å². The van der Waals surface area contributed by atoms with Crippen LogP contribution in [0.1, 0.15) is 31.9 Å². The second kappa shape index (κ2) is 5.54. The maximum Gasteiger partial charge on any atom is 0.225 e. The molecule has 4 nitrogen and oxygen atoms in total. The molecule has 2 N–H and O–H groups in total. The van der Waals surface area contributed by atoms with Gasteiger partial charge in [0.1, 0.15) is 5.54 Å². The highest BCUT2D eigenvalue weighted by Gasteiger charge is 2.39. The molecule has 0 spiro atoms. The Hall–Kier alpha value is -1.39. The number of nitrogens with one attached hydrogen (secondary N) is 1. The van der Waals surface area contributed by atoms with E-state index in [2.05, 4.69) is 38.2 Å². The summed E-state index contributed by atoms with van der Waals surface area (Å²) in [7, 11) is 0. The van der Waals surface area contributed by atoms with E-state index in [1.165, 1.54) is 5.56 Å². The number of amides is 1. The van der Waals surface area contributed by atoms with Gasteiger partial charge in [-0.3, -0.25) is 4.79 Å². The van der Waals surface area contributed by atoms with Gasteiger partial charge in [0, 0.05) is 0 Å². The normalized spacial score (nSPS) is 17.4. The van der Waals surface area contributed by atoms with Gasteiger partial charge in [-0.2, -0.15) is 0 Å². The summed E-state index contributed by atoms with van der Waals surface area (Å²) < 4.78 is 5.06. The monoisotopic (exact) mass is 277 g/mol. The van der Waals surface area contributed by atoms with Gasteiger partial charge < -0.3 is 15.2 Å². The summed E-state index contributed by atoms with van der Waals surface area (Å²) >= 11 is 0. The summed E-state index contributed by atoms with van der Waals surface area (Å²) in [6.07, 6.45) is 0.326. The lowest BCUT2D eigenvalue weighted by Gasteiger charge is -2.40. The highest BCUT2D eigenvalue weighted by atomic mass is 16.5. The van der Waals surface area contributed by atoms with Crippen molar-refractivity contribution in [3.8, 4) is 0 Å². The third-order valence-corrected chi connectivity index (χ3v) is 3.65. The van der Waals surface area contributed by atoms with E-state index < -0.39 is 5.54 Å². The summed E-state index contributed by atoms with van der Waals surface area (Å²) in [5.74, 6) is -0.0779. The predicted molar refractivity (Wildman–Crippen MR) is 77.6 cm³/mol. The second-order valence-electron chi connectivity index (χ2n) is 6.60. The van der Waals surface area contributed by atoms with Crippen LogP contribution in [0.2, 0.25) is 0 Å². The average molecular weight is 277 g/mol. The molecule has 1 aromatic rings. The summed E-state index contributed by atoms with van der Waals surface area (Å²) in [5.41, 5.74) is 1.78. The topological polar surface area (TPSA) is 58.6 Å². The number of ether oxygens (including phenoxy) is 1. The summed E-state index contributed by atoms with van der Waals surface area (Å²) in [4.78, 5) is 12.0. The molecule has 1 aliphatic heterocycles. The zero-order chi connectivity index (χ0) is 14.8. The molecule has 20 heavy (non-hydrogen) atoms. The fourth-order valence-electron chi connectivity index (χ4n) is 2.20. The van der Waals surface area contributed by atoms with Crippen molar-refractivity contribution in [2.24, 2.45) is 0 Å².